The number of benzene rings is 2. The normalized spacial score (nSPS) is 11.0. The van der Waals surface area contributed by atoms with Gasteiger partial charge in [0.15, 0.2) is 17.3 Å². The van der Waals surface area contributed by atoms with Crippen LogP contribution in [0.4, 0.5) is 32.2 Å². The monoisotopic (exact) mass is 481 g/mol. The Morgan fingerprint density at radius 2 is 1.53 bits per heavy atom. The summed E-state index contributed by atoms with van der Waals surface area (Å²) in [5.41, 5.74) is 0.784. The molecule has 0 atom stereocenters. The molecular weight excluding hydrogens is 468 g/mol. The summed E-state index contributed by atoms with van der Waals surface area (Å²) in [4.78, 5) is 12.3. The van der Waals surface area contributed by atoms with E-state index in [-0.39, 0.29) is 23.2 Å². The van der Waals surface area contributed by atoms with Gasteiger partial charge in [0.2, 0.25) is 29.1 Å². The highest BCUT2D eigenvalue weighted by Gasteiger charge is 2.27. The molecule has 6 nitrogen and oxygen atoms in total. The fraction of sp³-hybridized carbons (Fsp3) is 0.0909. The first kappa shape index (κ1) is 23.0. The maximum atomic E-state index is 13.7. The summed E-state index contributed by atoms with van der Waals surface area (Å²) in [5.74, 6) is -13.6. The van der Waals surface area contributed by atoms with E-state index in [4.69, 9.17) is 4.42 Å². The molecule has 2 heterocycles. The Hall–Kier alpha value is -4.22. The number of rotatable bonds is 7. The molecule has 0 bridgehead atoms. The largest absolute Gasteiger partial charge is 0.479 e. The maximum absolute atomic E-state index is 13.7. The molecule has 176 valence electrons. The lowest BCUT2D eigenvalue weighted by molar-refractivity contribution is 0.0991. The molecule has 1 amide bonds. The van der Waals surface area contributed by atoms with E-state index < -0.39 is 47.3 Å². The highest BCUT2D eigenvalue weighted by atomic mass is 19.2. The van der Waals surface area contributed by atoms with Gasteiger partial charge in [-0.3, -0.25) is 9.48 Å². The van der Waals surface area contributed by atoms with E-state index in [0.29, 0.717) is 6.54 Å². The minimum atomic E-state index is -2.31. The predicted octanol–water partition coefficient (Wildman–Crippen LogP) is 5.19. The summed E-state index contributed by atoms with van der Waals surface area (Å²) in [6.45, 7) is -0.381. The summed E-state index contributed by atoms with van der Waals surface area (Å²) in [7, 11) is 0. The highest BCUT2D eigenvalue weighted by Crippen LogP contribution is 2.29. The number of aromatic nitrogens is 2. The van der Waals surface area contributed by atoms with Crippen molar-refractivity contribution in [1.29, 1.82) is 0 Å². The molecule has 0 aliphatic carbocycles. The van der Waals surface area contributed by atoms with Crippen LogP contribution in [-0.4, -0.2) is 15.7 Å². The van der Waals surface area contributed by atoms with Gasteiger partial charge in [-0.15, -0.1) is 0 Å². The molecule has 0 aliphatic heterocycles. The van der Waals surface area contributed by atoms with E-state index in [1.807, 2.05) is 0 Å². The summed E-state index contributed by atoms with van der Waals surface area (Å²) in [5, 5.41) is 6.63. The van der Waals surface area contributed by atoms with Crippen molar-refractivity contribution in [2.24, 2.45) is 0 Å². The Kier molecular flexibility index (Phi) is 6.30. The lowest BCUT2D eigenvalue weighted by Gasteiger charge is -2.09. The zero-order valence-corrected chi connectivity index (χ0v) is 16.9. The maximum Gasteiger partial charge on any atom is 0.292 e. The second-order valence-corrected chi connectivity index (χ2v) is 6.93. The molecule has 2 aromatic carbocycles. The zero-order chi connectivity index (χ0) is 24.4. The van der Waals surface area contributed by atoms with Gasteiger partial charge in [-0.05, 0) is 29.8 Å². The second-order valence-electron chi connectivity index (χ2n) is 6.93. The van der Waals surface area contributed by atoms with Crippen molar-refractivity contribution in [2.45, 2.75) is 13.2 Å². The van der Waals surface area contributed by atoms with Crippen molar-refractivity contribution in [2.75, 3.05) is 5.32 Å². The lowest BCUT2D eigenvalue weighted by atomic mass is 10.2. The molecule has 4 aromatic rings. The fourth-order valence-corrected chi connectivity index (χ4v) is 2.90. The fourth-order valence-electron chi connectivity index (χ4n) is 2.90. The molecule has 0 saturated carbocycles. The first-order valence-electron chi connectivity index (χ1n) is 9.55. The predicted molar refractivity (Wildman–Crippen MR) is 105 cm³/mol. The number of nitrogens with one attached hydrogen (secondary N) is 1. The molecule has 0 unspecified atom stereocenters. The van der Waals surface area contributed by atoms with Gasteiger partial charge in [-0.1, -0.05) is 12.1 Å². The van der Waals surface area contributed by atoms with Crippen molar-refractivity contribution < 1.29 is 40.3 Å². The SMILES string of the molecule is O=C(Nc1ccn(Cc2ccc(F)cc2)n1)c1ccc(COc2c(F)c(F)c(F)c(F)c2F)o1. The average molecular weight is 481 g/mol. The van der Waals surface area contributed by atoms with Crippen LogP contribution in [0.1, 0.15) is 21.9 Å². The first-order valence-corrected chi connectivity index (χ1v) is 9.55. The van der Waals surface area contributed by atoms with E-state index in [1.165, 1.54) is 35.0 Å². The third kappa shape index (κ3) is 4.75. The first-order chi connectivity index (χ1) is 16.2. The number of carbonyl (C=O) groups excluding carboxylic acids is 1. The lowest BCUT2D eigenvalue weighted by Crippen LogP contribution is -2.12. The molecule has 34 heavy (non-hydrogen) atoms. The van der Waals surface area contributed by atoms with E-state index in [2.05, 4.69) is 15.2 Å². The van der Waals surface area contributed by atoms with Crippen molar-refractivity contribution in [3.05, 3.63) is 101 Å². The minimum absolute atomic E-state index is 0.115. The molecule has 4 rings (SSSR count). The zero-order valence-electron chi connectivity index (χ0n) is 16.9. The quantitative estimate of drug-likeness (QED) is 0.224. The van der Waals surface area contributed by atoms with Crippen LogP contribution in [0.25, 0.3) is 0 Å². The van der Waals surface area contributed by atoms with Crippen LogP contribution in [0.2, 0.25) is 0 Å². The van der Waals surface area contributed by atoms with Crippen LogP contribution < -0.4 is 10.1 Å². The van der Waals surface area contributed by atoms with E-state index in [9.17, 15) is 31.1 Å². The van der Waals surface area contributed by atoms with Crippen molar-refractivity contribution >= 4 is 11.7 Å². The van der Waals surface area contributed by atoms with Crippen molar-refractivity contribution in [3.8, 4) is 5.75 Å². The summed E-state index contributed by atoms with van der Waals surface area (Å²) >= 11 is 0. The summed E-state index contributed by atoms with van der Waals surface area (Å²) in [6.07, 6.45) is 1.59. The summed E-state index contributed by atoms with van der Waals surface area (Å²) < 4.78 is 91.3. The third-order valence-electron chi connectivity index (χ3n) is 4.55. The van der Waals surface area contributed by atoms with E-state index >= 15 is 0 Å². The van der Waals surface area contributed by atoms with Gasteiger partial charge in [-0.25, -0.2) is 17.6 Å². The summed E-state index contributed by atoms with van der Waals surface area (Å²) in [6, 6.07) is 9.77. The Morgan fingerprint density at radius 3 is 2.21 bits per heavy atom. The van der Waals surface area contributed by atoms with Crippen LogP contribution >= 0.6 is 0 Å². The number of anilines is 1. The van der Waals surface area contributed by atoms with Crippen molar-refractivity contribution in [3.63, 3.8) is 0 Å². The molecule has 0 fully saturated rings. The Bertz CT molecular complexity index is 1320. The Balaban J connectivity index is 1.38. The molecule has 0 radical (unpaired) electrons. The number of furan rings is 1. The van der Waals surface area contributed by atoms with Crippen LogP contribution in [0.15, 0.2) is 53.1 Å². The van der Waals surface area contributed by atoms with Gasteiger partial charge in [0.1, 0.15) is 18.2 Å². The van der Waals surface area contributed by atoms with Crippen LogP contribution in [-0.2, 0) is 13.2 Å². The second kappa shape index (κ2) is 9.33. The highest BCUT2D eigenvalue weighted by molar-refractivity contribution is 6.01. The molecular formula is C22H13F6N3O3. The molecule has 1 N–H and O–H groups in total. The van der Waals surface area contributed by atoms with Gasteiger partial charge in [-0.2, -0.15) is 13.9 Å². The standard InChI is InChI=1S/C22H13F6N3O3/c23-12-3-1-11(2-4-12)9-31-8-7-15(30-31)29-22(32)14-6-5-13(34-14)10-33-21-19(27)17(25)16(24)18(26)20(21)28/h1-8H,9-10H2,(H,29,30,32). The van der Waals surface area contributed by atoms with E-state index in [1.54, 1.807) is 18.3 Å². The van der Waals surface area contributed by atoms with Crippen molar-refractivity contribution in [1.82, 2.24) is 9.78 Å². The molecule has 0 saturated heterocycles. The molecule has 12 heteroatoms. The van der Waals surface area contributed by atoms with Gasteiger partial charge in [0.05, 0.1) is 6.54 Å². The third-order valence-corrected chi connectivity index (χ3v) is 4.55. The van der Waals surface area contributed by atoms with E-state index in [0.717, 1.165) is 5.56 Å². The molecule has 0 spiro atoms. The number of hydrogen-bond acceptors (Lipinski definition) is 4. The van der Waals surface area contributed by atoms with Crippen LogP contribution in [0.3, 0.4) is 0 Å². The van der Waals surface area contributed by atoms with Gasteiger partial charge < -0.3 is 14.5 Å². The Labute approximate surface area is 187 Å². The average Bonchev–Trinajstić information content (AvgIpc) is 3.47. The number of carbonyl (C=O) groups is 1. The van der Waals surface area contributed by atoms with Crippen LogP contribution in [0, 0.1) is 34.9 Å². The van der Waals surface area contributed by atoms with Gasteiger partial charge in [0, 0.05) is 12.3 Å². The van der Waals surface area contributed by atoms with Crippen LogP contribution in [0.5, 0.6) is 5.75 Å². The number of nitrogens with zero attached hydrogens (tertiary/aromatic N) is 2. The smallest absolute Gasteiger partial charge is 0.292 e. The van der Waals surface area contributed by atoms with Gasteiger partial charge >= 0.3 is 0 Å². The number of ether oxygens (including phenoxy) is 1. The topological polar surface area (TPSA) is 69.3 Å². The number of hydrogen-bond donors (Lipinski definition) is 1. The molecule has 0 aliphatic rings. The molecule has 2 aromatic heterocycles. The number of amides is 1. The van der Waals surface area contributed by atoms with Gasteiger partial charge in [0.25, 0.3) is 5.91 Å². The Morgan fingerprint density at radius 1 is 0.882 bits per heavy atom. The number of halogens is 6. The minimum Gasteiger partial charge on any atom is -0.479 e.